The molecule has 22 heavy (non-hydrogen) atoms. The Labute approximate surface area is 135 Å². The van der Waals surface area contributed by atoms with Crippen molar-refractivity contribution in [1.82, 2.24) is 0 Å². The zero-order valence-electron chi connectivity index (χ0n) is 11.7. The van der Waals surface area contributed by atoms with Crippen molar-refractivity contribution in [3.05, 3.63) is 77.8 Å². The standard InChI is InChI=1S/C18H13BClO2/c20-17-5-1-3-15(11-17)13-7-9-14(10-8-13)16-4-2-6-18(12-16)22-19-21/h1-12,21H. The molecule has 0 aromatic heterocycles. The maximum Gasteiger partial charge on any atom is 0.569 e. The van der Waals surface area contributed by atoms with Crippen LogP contribution in [0.5, 0.6) is 5.75 Å². The number of halogens is 1. The Bertz CT molecular complexity index is 772. The molecule has 3 aromatic carbocycles. The SMILES string of the molecule is O[B]Oc1cccc(-c2ccc(-c3cccc(Cl)c3)cc2)c1. The summed E-state index contributed by atoms with van der Waals surface area (Å²) >= 11 is 6.03. The van der Waals surface area contributed by atoms with Gasteiger partial charge in [0.25, 0.3) is 0 Å². The molecule has 1 N–H and O–H groups in total. The Morgan fingerprint density at radius 3 is 1.91 bits per heavy atom. The van der Waals surface area contributed by atoms with Crippen molar-refractivity contribution in [2.75, 3.05) is 0 Å². The summed E-state index contributed by atoms with van der Waals surface area (Å²) in [5, 5.41) is 9.44. The molecule has 3 aromatic rings. The molecule has 0 spiro atoms. The average Bonchev–Trinajstić information content (AvgIpc) is 2.56. The van der Waals surface area contributed by atoms with Crippen LogP contribution in [0.25, 0.3) is 22.3 Å². The monoisotopic (exact) mass is 307 g/mol. The Balaban J connectivity index is 1.89. The van der Waals surface area contributed by atoms with Gasteiger partial charge in [-0.2, -0.15) is 0 Å². The van der Waals surface area contributed by atoms with Crippen LogP contribution in [0, 0.1) is 0 Å². The van der Waals surface area contributed by atoms with Gasteiger partial charge >= 0.3 is 7.69 Å². The van der Waals surface area contributed by atoms with E-state index in [9.17, 15) is 0 Å². The molecule has 0 amide bonds. The van der Waals surface area contributed by atoms with Gasteiger partial charge in [-0.05, 0) is 46.5 Å². The van der Waals surface area contributed by atoms with Gasteiger partial charge in [0.1, 0.15) is 5.75 Å². The second kappa shape index (κ2) is 6.69. The van der Waals surface area contributed by atoms with Gasteiger partial charge in [0.2, 0.25) is 0 Å². The van der Waals surface area contributed by atoms with Crippen LogP contribution in [0.2, 0.25) is 5.02 Å². The van der Waals surface area contributed by atoms with E-state index < -0.39 is 0 Å². The molecular weight excluding hydrogens is 294 g/mol. The molecule has 0 aliphatic heterocycles. The minimum atomic E-state index is 0.596. The molecular formula is C18H13BClO2. The lowest BCUT2D eigenvalue weighted by Crippen LogP contribution is -1.99. The summed E-state index contributed by atoms with van der Waals surface area (Å²) in [6.07, 6.45) is 0. The van der Waals surface area contributed by atoms with E-state index in [1.165, 1.54) is 0 Å². The Morgan fingerprint density at radius 2 is 1.32 bits per heavy atom. The van der Waals surface area contributed by atoms with Gasteiger partial charge in [0.05, 0.1) is 0 Å². The van der Waals surface area contributed by atoms with Crippen molar-refractivity contribution in [1.29, 1.82) is 0 Å². The Kier molecular flexibility index (Phi) is 4.47. The summed E-state index contributed by atoms with van der Waals surface area (Å²) in [7, 11) is 0.682. The van der Waals surface area contributed by atoms with Gasteiger partial charge in [-0.15, -0.1) is 0 Å². The van der Waals surface area contributed by atoms with Crippen LogP contribution in [0.15, 0.2) is 72.8 Å². The highest BCUT2D eigenvalue weighted by Crippen LogP contribution is 2.28. The topological polar surface area (TPSA) is 29.5 Å². The summed E-state index contributed by atoms with van der Waals surface area (Å²) in [6, 6.07) is 23.6. The first-order chi connectivity index (χ1) is 10.8. The van der Waals surface area contributed by atoms with Crippen molar-refractivity contribution < 1.29 is 9.68 Å². The van der Waals surface area contributed by atoms with Crippen molar-refractivity contribution in [2.45, 2.75) is 0 Å². The highest BCUT2D eigenvalue weighted by Gasteiger charge is 2.03. The lowest BCUT2D eigenvalue weighted by molar-refractivity contribution is 0.454. The van der Waals surface area contributed by atoms with E-state index in [1.807, 2.05) is 42.5 Å². The minimum Gasteiger partial charge on any atom is -0.537 e. The maximum absolute atomic E-state index is 8.71. The van der Waals surface area contributed by atoms with Gasteiger partial charge < -0.3 is 9.68 Å². The Hall–Kier alpha value is -2.23. The summed E-state index contributed by atoms with van der Waals surface area (Å²) in [5.74, 6) is 0.596. The molecule has 107 valence electrons. The first-order valence-electron chi connectivity index (χ1n) is 6.85. The second-order valence-corrected chi connectivity index (χ2v) is 5.28. The summed E-state index contributed by atoms with van der Waals surface area (Å²) < 4.78 is 4.99. The average molecular weight is 308 g/mol. The van der Waals surface area contributed by atoms with Crippen LogP contribution in [-0.2, 0) is 0 Å². The van der Waals surface area contributed by atoms with E-state index in [-0.39, 0.29) is 0 Å². The van der Waals surface area contributed by atoms with Crippen LogP contribution in [0.3, 0.4) is 0 Å². The zero-order chi connectivity index (χ0) is 15.4. The maximum atomic E-state index is 8.71. The van der Waals surface area contributed by atoms with Gasteiger partial charge in [-0.3, -0.25) is 0 Å². The third-order valence-electron chi connectivity index (χ3n) is 3.40. The van der Waals surface area contributed by atoms with Crippen LogP contribution in [0.1, 0.15) is 0 Å². The molecule has 3 rings (SSSR count). The smallest absolute Gasteiger partial charge is 0.537 e. The lowest BCUT2D eigenvalue weighted by Gasteiger charge is -2.07. The van der Waals surface area contributed by atoms with Crippen LogP contribution >= 0.6 is 11.6 Å². The molecule has 0 unspecified atom stereocenters. The van der Waals surface area contributed by atoms with Crippen LogP contribution in [0.4, 0.5) is 0 Å². The lowest BCUT2D eigenvalue weighted by atomic mass is 10.0. The van der Waals surface area contributed by atoms with Crippen molar-refractivity contribution >= 4 is 19.3 Å². The van der Waals surface area contributed by atoms with E-state index in [2.05, 4.69) is 24.3 Å². The molecule has 2 nitrogen and oxygen atoms in total. The quantitative estimate of drug-likeness (QED) is 0.715. The third-order valence-corrected chi connectivity index (χ3v) is 3.63. The van der Waals surface area contributed by atoms with Gasteiger partial charge in [-0.25, -0.2) is 0 Å². The van der Waals surface area contributed by atoms with E-state index >= 15 is 0 Å². The first kappa shape index (κ1) is 14.7. The molecule has 0 bridgehead atoms. The van der Waals surface area contributed by atoms with Gasteiger partial charge in [-0.1, -0.05) is 60.1 Å². The molecule has 1 radical (unpaired) electrons. The fourth-order valence-corrected chi connectivity index (χ4v) is 2.52. The summed E-state index contributed by atoms with van der Waals surface area (Å²) in [5.41, 5.74) is 4.31. The molecule has 0 saturated heterocycles. The summed E-state index contributed by atoms with van der Waals surface area (Å²) in [4.78, 5) is 0. The van der Waals surface area contributed by atoms with E-state index in [1.54, 1.807) is 6.07 Å². The van der Waals surface area contributed by atoms with E-state index in [0.29, 0.717) is 13.4 Å². The van der Waals surface area contributed by atoms with E-state index in [0.717, 1.165) is 27.3 Å². The fourth-order valence-electron chi connectivity index (χ4n) is 2.33. The molecule has 0 atom stereocenters. The largest absolute Gasteiger partial charge is 0.569 e. The zero-order valence-corrected chi connectivity index (χ0v) is 12.5. The summed E-state index contributed by atoms with van der Waals surface area (Å²) in [6.45, 7) is 0. The number of hydrogen-bond donors (Lipinski definition) is 1. The number of rotatable bonds is 4. The molecule has 0 aliphatic carbocycles. The predicted molar refractivity (Wildman–Crippen MR) is 90.9 cm³/mol. The highest BCUT2D eigenvalue weighted by molar-refractivity contribution is 6.30. The second-order valence-electron chi connectivity index (χ2n) is 4.84. The number of benzene rings is 3. The van der Waals surface area contributed by atoms with Crippen molar-refractivity contribution in [2.24, 2.45) is 0 Å². The predicted octanol–water partition coefficient (Wildman–Crippen LogP) is 4.58. The van der Waals surface area contributed by atoms with Crippen molar-refractivity contribution in [3.8, 4) is 28.0 Å². The number of hydrogen-bond acceptors (Lipinski definition) is 2. The molecule has 0 aliphatic rings. The Morgan fingerprint density at radius 1 is 0.727 bits per heavy atom. The minimum absolute atomic E-state index is 0.596. The van der Waals surface area contributed by atoms with Gasteiger partial charge in [0, 0.05) is 5.02 Å². The van der Waals surface area contributed by atoms with Crippen LogP contribution < -0.4 is 4.65 Å². The molecule has 0 saturated carbocycles. The fraction of sp³-hybridized carbons (Fsp3) is 0. The van der Waals surface area contributed by atoms with Gasteiger partial charge in [0.15, 0.2) is 0 Å². The van der Waals surface area contributed by atoms with Crippen LogP contribution in [-0.4, -0.2) is 12.7 Å². The third kappa shape index (κ3) is 3.33. The highest BCUT2D eigenvalue weighted by atomic mass is 35.5. The molecule has 0 fully saturated rings. The molecule has 4 heteroatoms. The normalized spacial score (nSPS) is 10.3. The van der Waals surface area contributed by atoms with Crippen molar-refractivity contribution in [3.63, 3.8) is 0 Å². The first-order valence-corrected chi connectivity index (χ1v) is 7.23. The van der Waals surface area contributed by atoms with E-state index in [4.69, 9.17) is 21.3 Å². The molecule has 0 heterocycles.